The fourth-order valence-electron chi connectivity index (χ4n) is 2.19. The zero-order chi connectivity index (χ0) is 17.2. The predicted octanol–water partition coefficient (Wildman–Crippen LogP) is 4.29. The molecule has 7 nitrogen and oxygen atoms in total. The molecular weight excluding hydrogens is 340 g/mol. The molecule has 8 heteroatoms. The molecule has 0 aliphatic rings. The summed E-state index contributed by atoms with van der Waals surface area (Å²) in [5, 5.41) is 16.5. The molecule has 1 aromatic carbocycles. The second kappa shape index (κ2) is 6.56. The van der Waals surface area contributed by atoms with Gasteiger partial charge in [0.25, 0.3) is 11.1 Å². The second-order valence-electron chi connectivity index (χ2n) is 5.44. The van der Waals surface area contributed by atoms with Gasteiger partial charge in [0.05, 0.1) is 12.0 Å². The van der Waals surface area contributed by atoms with Crippen LogP contribution in [-0.4, -0.2) is 20.4 Å². The Hall–Kier alpha value is -2.87. The minimum Gasteiger partial charge on any atom is -0.459 e. The number of hydrogen-bond donors (Lipinski definition) is 0. The lowest BCUT2D eigenvalue weighted by Crippen LogP contribution is -1.83. The first-order chi connectivity index (χ1) is 12.2. The Balaban J connectivity index is 1.44. The molecule has 0 bridgehead atoms. The van der Waals surface area contributed by atoms with Crippen molar-refractivity contribution in [3.8, 4) is 23.1 Å². The van der Waals surface area contributed by atoms with Gasteiger partial charge in [-0.05, 0) is 49.2 Å². The number of rotatable bonds is 5. The number of aryl methyl sites for hydroxylation is 2. The summed E-state index contributed by atoms with van der Waals surface area (Å²) in [7, 11) is 0. The molecule has 0 spiro atoms. The van der Waals surface area contributed by atoms with Crippen LogP contribution in [0.3, 0.4) is 0 Å². The summed E-state index contributed by atoms with van der Waals surface area (Å²) in [4.78, 5) is 0. The summed E-state index contributed by atoms with van der Waals surface area (Å²) in [6.45, 7) is 4.12. The van der Waals surface area contributed by atoms with Gasteiger partial charge in [0, 0.05) is 5.56 Å². The van der Waals surface area contributed by atoms with E-state index in [0.717, 1.165) is 5.56 Å². The molecular formula is C17H14N4O3S. The van der Waals surface area contributed by atoms with Crippen LogP contribution in [0.4, 0.5) is 0 Å². The molecule has 4 aromatic rings. The molecule has 0 amide bonds. The van der Waals surface area contributed by atoms with Crippen LogP contribution in [0.25, 0.3) is 23.1 Å². The van der Waals surface area contributed by atoms with Crippen LogP contribution < -0.4 is 0 Å². The molecule has 0 radical (unpaired) electrons. The van der Waals surface area contributed by atoms with Crippen molar-refractivity contribution in [3.05, 3.63) is 53.6 Å². The van der Waals surface area contributed by atoms with Crippen molar-refractivity contribution in [2.75, 3.05) is 0 Å². The average molecular weight is 354 g/mol. The molecule has 126 valence electrons. The molecule has 0 aliphatic heterocycles. The maximum absolute atomic E-state index is 5.70. The summed E-state index contributed by atoms with van der Waals surface area (Å²) in [5.74, 6) is 2.28. The molecule has 0 fully saturated rings. The van der Waals surface area contributed by atoms with E-state index in [1.54, 1.807) is 18.4 Å². The van der Waals surface area contributed by atoms with Crippen LogP contribution in [0, 0.1) is 13.8 Å². The van der Waals surface area contributed by atoms with Gasteiger partial charge in [0.2, 0.25) is 11.8 Å². The second-order valence-corrected chi connectivity index (χ2v) is 6.37. The molecule has 0 unspecified atom stereocenters. The first-order valence-electron chi connectivity index (χ1n) is 7.59. The van der Waals surface area contributed by atoms with Gasteiger partial charge in [-0.15, -0.1) is 20.4 Å². The number of hydrogen-bond acceptors (Lipinski definition) is 8. The molecule has 25 heavy (non-hydrogen) atoms. The van der Waals surface area contributed by atoms with E-state index in [4.69, 9.17) is 13.3 Å². The van der Waals surface area contributed by atoms with Crippen molar-refractivity contribution >= 4 is 11.8 Å². The Morgan fingerprint density at radius 2 is 1.80 bits per heavy atom. The summed E-state index contributed by atoms with van der Waals surface area (Å²) < 4.78 is 16.5. The Bertz CT molecular complexity index is 991. The number of thioether (sulfide) groups is 1. The fraction of sp³-hybridized carbons (Fsp3) is 0.176. The van der Waals surface area contributed by atoms with E-state index in [9.17, 15) is 0 Å². The molecule has 3 aromatic heterocycles. The Kier molecular flexibility index (Phi) is 4.10. The lowest BCUT2D eigenvalue weighted by Gasteiger charge is -2.00. The van der Waals surface area contributed by atoms with Gasteiger partial charge < -0.3 is 13.3 Å². The summed E-state index contributed by atoms with van der Waals surface area (Å²) in [6.07, 6.45) is 1.56. The summed E-state index contributed by atoms with van der Waals surface area (Å²) >= 11 is 1.34. The lowest BCUT2D eigenvalue weighted by atomic mass is 10.1. The minimum absolute atomic E-state index is 0.349. The maximum Gasteiger partial charge on any atom is 0.283 e. The van der Waals surface area contributed by atoms with Crippen LogP contribution in [0.5, 0.6) is 0 Å². The van der Waals surface area contributed by atoms with E-state index in [1.165, 1.54) is 22.9 Å². The van der Waals surface area contributed by atoms with Gasteiger partial charge in [-0.25, -0.2) is 0 Å². The largest absolute Gasteiger partial charge is 0.459 e. The zero-order valence-corrected chi connectivity index (χ0v) is 14.4. The van der Waals surface area contributed by atoms with Gasteiger partial charge >= 0.3 is 0 Å². The van der Waals surface area contributed by atoms with Crippen LogP contribution in [0.1, 0.15) is 17.0 Å². The lowest BCUT2D eigenvalue weighted by molar-refractivity contribution is 0.463. The molecule has 0 saturated heterocycles. The van der Waals surface area contributed by atoms with E-state index in [-0.39, 0.29) is 0 Å². The Morgan fingerprint density at radius 3 is 2.60 bits per heavy atom. The first kappa shape index (κ1) is 15.6. The molecule has 0 N–H and O–H groups in total. The first-order valence-corrected chi connectivity index (χ1v) is 8.58. The summed E-state index contributed by atoms with van der Waals surface area (Å²) in [5.41, 5.74) is 3.31. The highest BCUT2D eigenvalue weighted by atomic mass is 32.2. The molecule has 3 heterocycles. The SMILES string of the molecule is Cc1ccc(-c2nnc(SCc3nnc(-c4ccco4)o3)o2)cc1C. The van der Waals surface area contributed by atoms with E-state index >= 15 is 0 Å². The maximum atomic E-state index is 5.70. The van der Waals surface area contributed by atoms with Gasteiger partial charge in [-0.2, -0.15) is 0 Å². The van der Waals surface area contributed by atoms with Crippen molar-refractivity contribution in [3.63, 3.8) is 0 Å². The van der Waals surface area contributed by atoms with Crippen LogP contribution in [-0.2, 0) is 5.75 Å². The van der Waals surface area contributed by atoms with E-state index < -0.39 is 0 Å². The van der Waals surface area contributed by atoms with Crippen molar-refractivity contribution in [2.24, 2.45) is 0 Å². The standard InChI is InChI=1S/C17H14N4O3S/c1-10-5-6-12(8-11(10)2)15-19-21-17(24-15)25-9-14-18-20-16(23-14)13-4-3-7-22-13/h3-8H,9H2,1-2H3. The molecule has 0 aliphatic carbocycles. The van der Waals surface area contributed by atoms with Gasteiger partial charge in [-0.3, -0.25) is 0 Å². The monoisotopic (exact) mass is 354 g/mol. The number of benzene rings is 1. The van der Waals surface area contributed by atoms with Crippen LogP contribution in [0.15, 0.2) is 55.1 Å². The minimum atomic E-state index is 0.349. The van der Waals surface area contributed by atoms with E-state index in [1.807, 2.05) is 18.2 Å². The molecule has 4 rings (SSSR count). The normalized spacial score (nSPS) is 11.1. The third-order valence-electron chi connectivity index (χ3n) is 3.68. The Morgan fingerprint density at radius 1 is 0.920 bits per heavy atom. The molecule has 0 atom stereocenters. The van der Waals surface area contributed by atoms with Crippen molar-refractivity contribution in [2.45, 2.75) is 24.8 Å². The average Bonchev–Trinajstić information content (AvgIpc) is 3.36. The van der Waals surface area contributed by atoms with Crippen LogP contribution >= 0.6 is 11.8 Å². The molecule has 0 saturated carbocycles. The zero-order valence-electron chi connectivity index (χ0n) is 13.6. The fourth-order valence-corrected chi connectivity index (χ4v) is 2.79. The summed E-state index contributed by atoms with van der Waals surface area (Å²) in [6, 6.07) is 9.57. The number of aromatic nitrogens is 4. The number of nitrogens with zero attached hydrogens (tertiary/aromatic N) is 4. The van der Waals surface area contributed by atoms with Crippen molar-refractivity contribution in [1.82, 2.24) is 20.4 Å². The number of furan rings is 1. The van der Waals surface area contributed by atoms with Gasteiger partial charge in [0.15, 0.2) is 5.76 Å². The van der Waals surface area contributed by atoms with Gasteiger partial charge in [0.1, 0.15) is 0 Å². The highest BCUT2D eigenvalue weighted by Gasteiger charge is 2.14. The van der Waals surface area contributed by atoms with E-state index in [2.05, 4.69) is 34.2 Å². The van der Waals surface area contributed by atoms with Crippen molar-refractivity contribution in [1.29, 1.82) is 0 Å². The van der Waals surface area contributed by atoms with E-state index in [0.29, 0.717) is 34.4 Å². The highest BCUT2D eigenvalue weighted by molar-refractivity contribution is 7.98. The predicted molar refractivity (Wildman–Crippen MR) is 90.8 cm³/mol. The van der Waals surface area contributed by atoms with Crippen molar-refractivity contribution < 1.29 is 13.3 Å². The Labute approximate surface area is 147 Å². The van der Waals surface area contributed by atoms with Gasteiger partial charge in [-0.1, -0.05) is 17.8 Å². The topological polar surface area (TPSA) is 91.0 Å². The quantitative estimate of drug-likeness (QED) is 0.490. The van der Waals surface area contributed by atoms with Crippen LogP contribution in [0.2, 0.25) is 0 Å². The smallest absolute Gasteiger partial charge is 0.283 e. The highest BCUT2D eigenvalue weighted by Crippen LogP contribution is 2.27. The third kappa shape index (κ3) is 3.34. The third-order valence-corrected chi connectivity index (χ3v) is 4.48.